The van der Waals surface area contributed by atoms with Gasteiger partial charge in [-0.25, -0.2) is 9.07 Å². The molecule has 10 heteroatoms. The molecule has 1 aliphatic carbocycles. The van der Waals surface area contributed by atoms with Crippen LogP contribution in [0.2, 0.25) is 0 Å². The fourth-order valence-corrected chi connectivity index (χ4v) is 4.35. The summed E-state index contributed by atoms with van der Waals surface area (Å²) in [6, 6.07) is 5.53. The molecular formula is C24H25ClFN6O2+. The van der Waals surface area contributed by atoms with Crippen LogP contribution in [0.5, 0.6) is 5.75 Å². The maximum absolute atomic E-state index is 13.5. The Morgan fingerprint density at radius 3 is 3.00 bits per heavy atom. The summed E-state index contributed by atoms with van der Waals surface area (Å²) in [5.41, 5.74) is 1.48. The van der Waals surface area contributed by atoms with Gasteiger partial charge in [-0.3, -0.25) is 4.79 Å². The first-order chi connectivity index (χ1) is 16.4. The first-order valence-electron chi connectivity index (χ1n) is 10.8. The van der Waals surface area contributed by atoms with Crippen LogP contribution in [0.1, 0.15) is 31.0 Å². The normalized spacial score (nSPS) is 20.1. The molecule has 2 aromatic rings. The minimum atomic E-state index is -0.252. The molecule has 2 aliphatic rings. The number of ketones is 1. The maximum atomic E-state index is 13.5. The van der Waals surface area contributed by atoms with E-state index in [1.54, 1.807) is 36.0 Å². The highest BCUT2D eigenvalue weighted by atomic mass is 35.5. The van der Waals surface area contributed by atoms with E-state index in [9.17, 15) is 9.18 Å². The number of carbonyl (C=O) groups is 1. The van der Waals surface area contributed by atoms with E-state index in [0.29, 0.717) is 37.5 Å². The third-order valence-electron chi connectivity index (χ3n) is 5.93. The lowest BCUT2D eigenvalue weighted by molar-refractivity contribution is -0.119. The average molecular weight is 484 g/mol. The van der Waals surface area contributed by atoms with Gasteiger partial charge in [-0.05, 0) is 41.5 Å². The number of benzene rings is 1. The fourth-order valence-electron chi connectivity index (χ4n) is 4.21. The number of hydrogen-bond donors (Lipinski definition) is 1. The van der Waals surface area contributed by atoms with Crippen molar-refractivity contribution >= 4 is 34.7 Å². The zero-order valence-electron chi connectivity index (χ0n) is 18.9. The van der Waals surface area contributed by atoms with Crippen molar-refractivity contribution in [3.63, 3.8) is 0 Å². The second-order valence-electron chi connectivity index (χ2n) is 8.17. The Morgan fingerprint density at radius 2 is 2.29 bits per heavy atom. The number of hydrogen-bond acceptors (Lipinski definition) is 6. The molecule has 0 saturated carbocycles. The van der Waals surface area contributed by atoms with Crippen LogP contribution in [-0.4, -0.2) is 34.7 Å². The van der Waals surface area contributed by atoms with Crippen molar-refractivity contribution in [2.75, 3.05) is 24.4 Å². The molecule has 176 valence electrons. The van der Waals surface area contributed by atoms with Crippen molar-refractivity contribution in [3.05, 3.63) is 64.3 Å². The molecule has 0 radical (unpaired) electrons. The van der Waals surface area contributed by atoms with Gasteiger partial charge in [0.1, 0.15) is 29.4 Å². The van der Waals surface area contributed by atoms with Gasteiger partial charge in [0.25, 0.3) is 6.57 Å². The van der Waals surface area contributed by atoms with Gasteiger partial charge in [0.2, 0.25) is 5.95 Å². The Kier molecular flexibility index (Phi) is 6.98. The summed E-state index contributed by atoms with van der Waals surface area (Å²) in [7, 11) is 3.37. The van der Waals surface area contributed by atoms with Gasteiger partial charge < -0.3 is 15.0 Å². The molecule has 0 fully saturated rings. The van der Waals surface area contributed by atoms with Crippen molar-refractivity contribution in [2.45, 2.75) is 31.7 Å². The summed E-state index contributed by atoms with van der Waals surface area (Å²) in [5.74, 6) is 1.49. The molecule has 0 saturated heterocycles. The zero-order valence-corrected chi connectivity index (χ0v) is 19.7. The first kappa shape index (κ1) is 23.5. The molecule has 0 spiro atoms. The van der Waals surface area contributed by atoms with Crippen molar-refractivity contribution in [1.82, 2.24) is 14.8 Å². The van der Waals surface area contributed by atoms with Crippen LogP contribution in [0.3, 0.4) is 0 Å². The summed E-state index contributed by atoms with van der Waals surface area (Å²) in [4.78, 5) is 22.2. The van der Waals surface area contributed by atoms with E-state index in [0.717, 1.165) is 17.2 Å². The number of Topliss-reactive ketones (excluding diaryl/α,β-unsaturated/α-hetero) is 1. The van der Waals surface area contributed by atoms with Crippen LogP contribution in [0.15, 0.2) is 53.6 Å². The highest BCUT2D eigenvalue weighted by molar-refractivity contribution is 6.30. The number of methoxy groups -OCH3 is 1. The Balaban J connectivity index is 1.58. The van der Waals surface area contributed by atoms with E-state index in [2.05, 4.69) is 15.3 Å². The number of nitrogens with one attached hydrogen (secondary N) is 1. The van der Waals surface area contributed by atoms with Gasteiger partial charge in [-0.15, -0.1) is 5.10 Å². The van der Waals surface area contributed by atoms with Crippen LogP contribution in [0.25, 0.3) is 4.85 Å². The zero-order chi connectivity index (χ0) is 24.2. The van der Waals surface area contributed by atoms with Crippen LogP contribution in [0, 0.1) is 12.5 Å². The van der Waals surface area contributed by atoms with E-state index in [1.807, 2.05) is 24.3 Å². The SMILES string of the molecule is C#[N+]C(Cl)=CN(C)c1ccc(Nc2nc3n(n2)CCC(=O)CC3C2C=CC(F)=CC2)cc1OC. The van der Waals surface area contributed by atoms with Gasteiger partial charge in [0.05, 0.1) is 12.8 Å². The molecule has 8 nitrogen and oxygen atoms in total. The highest BCUT2D eigenvalue weighted by Crippen LogP contribution is 2.37. The number of allylic oxidation sites excluding steroid dienone is 4. The molecule has 2 atom stereocenters. The van der Waals surface area contributed by atoms with E-state index in [4.69, 9.17) is 27.9 Å². The van der Waals surface area contributed by atoms with E-state index >= 15 is 0 Å². The highest BCUT2D eigenvalue weighted by Gasteiger charge is 2.32. The summed E-state index contributed by atoms with van der Waals surface area (Å²) in [6.45, 7) is 5.67. The topological polar surface area (TPSA) is 76.6 Å². The molecule has 1 aromatic heterocycles. The van der Waals surface area contributed by atoms with Crippen molar-refractivity contribution in [3.8, 4) is 12.3 Å². The molecular weight excluding hydrogens is 459 g/mol. The van der Waals surface area contributed by atoms with E-state index < -0.39 is 0 Å². The molecule has 2 unspecified atom stereocenters. The fraction of sp³-hybridized carbons (Fsp3) is 0.333. The second-order valence-corrected chi connectivity index (χ2v) is 8.55. The molecule has 1 N–H and O–H groups in total. The van der Waals surface area contributed by atoms with Crippen molar-refractivity contribution in [1.29, 1.82) is 0 Å². The molecule has 0 bridgehead atoms. The summed E-state index contributed by atoms with van der Waals surface area (Å²) < 4.78 is 20.8. The number of carbonyl (C=O) groups excluding carboxylic acids is 1. The number of halogens is 2. The van der Waals surface area contributed by atoms with Crippen LogP contribution < -0.4 is 15.0 Å². The van der Waals surface area contributed by atoms with Gasteiger partial charge in [-0.1, -0.05) is 6.08 Å². The van der Waals surface area contributed by atoms with Crippen molar-refractivity contribution in [2.24, 2.45) is 5.92 Å². The molecule has 2 heterocycles. The van der Waals surface area contributed by atoms with Gasteiger partial charge in [0, 0.05) is 55.7 Å². The van der Waals surface area contributed by atoms with Gasteiger partial charge in [-0.2, -0.15) is 4.98 Å². The predicted molar refractivity (Wildman–Crippen MR) is 130 cm³/mol. The Hall–Kier alpha value is -3.64. The number of anilines is 3. The molecule has 0 amide bonds. The average Bonchev–Trinajstić information content (AvgIpc) is 3.16. The molecule has 1 aliphatic heterocycles. The van der Waals surface area contributed by atoms with Gasteiger partial charge >= 0.3 is 5.16 Å². The second kappa shape index (κ2) is 10.1. The maximum Gasteiger partial charge on any atom is 0.424 e. The minimum absolute atomic E-state index is 0.00704. The number of ether oxygens (including phenoxy) is 1. The number of rotatable bonds is 6. The van der Waals surface area contributed by atoms with Crippen LogP contribution in [0.4, 0.5) is 21.7 Å². The largest absolute Gasteiger partial charge is 0.494 e. The Labute approximate surface area is 202 Å². The predicted octanol–water partition coefficient (Wildman–Crippen LogP) is 5.34. The monoisotopic (exact) mass is 483 g/mol. The third kappa shape index (κ3) is 5.13. The Morgan fingerprint density at radius 1 is 1.47 bits per heavy atom. The van der Waals surface area contributed by atoms with Gasteiger partial charge in [0.15, 0.2) is 0 Å². The van der Waals surface area contributed by atoms with E-state index in [-0.39, 0.29) is 28.6 Å². The van der Waals surface area contributed by atoms with Crippen LogP contribution in [-0.2, 0) is 11.3 Å². The molecule has 1 aromatic carbocycles. The van der Waals surface area contributed by atoms with Crippen LogP contribution >= 0.6 is 11.6 Å². The molecule has 34 heavy (non-hydrogen) atoms. The quantitative estimate of drug-likeness (QED) is 0.559. The number of nitrogens with zero attached hydrogens (tertiary/aromatic N) is 5. The third-order valence-corrected chi connectivity index (χ3v) is 6.12. The molecule has 4 rings (SSSR count). The lowest BCUT2D eigenvalue weighted by atomic mass is 9.83. The number of aromatic nitrogens is 3. The number of fused-ring (bicyclic) bond motifs is 1. The van der Waals surface area contributed by atoms with Crippen molar-refractivity contribution < 1.29 is 13.9 Å². The Bertz CT molecular complexity index is 1230. The standard InChI is InChI=1S/C24H25ClFN6O2/c1-27-22(25)14-31(2)20-9-8-17(12-21(20)34-3)28-24-29-23-19(15-4-6-16(26)7-5-15)13-18(33)10-11-32(23)30-24/h1,4,6-9,12,14-15,19H,5,10-11,13H2,2-3H3,(H,28,30)/q+1. The number of aryl methyl sites for hydroxylation is 1. The van der Waals surface area contributed by atoms with E-state index in [1.165, 1.54) is 6.08 Å². The first-order valence-corrected chi connectivity index (χ1v) is 11.2. The summed E-state index contributed by atoms with van der Waals surface area (Å²) in [5, 5.41) is 7.96. The summed E-state index contributed by atoms with van der Waals surface area (Å²) in [6.07, 6.45) is 7.69. The smallest absolute Gasteiger partial charge is 0.424 e. The summed E-state index contributed by atoms with van der Waals surface area (Å²) >= 11 is 5.90. The lowest BCUT2D eigenvalue weighted by Gasteiger charge is -2.22. The lowest BCUT2D eigenvalue weighted by Crippen LogP contribution is -2.17. The minimum Gasteiger partial charge on any atom is -0.494 e.